The van der Waals surface area contributed by atoms with Crippen LogP contribution in [0.5, 0.6) is 0 Å². The van der Waals surface area contributed by atoms with Gasteiger partial charge in [0.05, 0.1) is 17.6 Å². The summed E-state index contributed by atoms with van der Waals surface area (Å²) in [5.41, 5.74) is 0. The molecule has 0 aromatic carbocycles. The lowest BCUT2D eigenvalue weighted by atomic mass is 9.97. The average Bonchev–Trinajstić information content (AvgIpc) is 2.18. The highest BCUT2D eigenvalue weighted by atomic mass is 35.5. The Hall–Kier alpha value is -0.0100. The molecule has 1 aliphatic rings. The first kappa shape index (κ1) is 12.1. The zero-order valence-electron chi connectivity index (χ0n) is 9.21. The second-order valence-electron chi connectivity index (χ2n) is 4.02. The van der Waals surface area contributed by atoms with Gasteiger partial charge in [-0.25, -0.2) is 0 Å². The van der Waals surface area contributed by atoms with Gasteiger partial charge in [-0.05, 0) is 26.2 Å². The standard InChI is InChI=1S/C12H21ClO/c1-3-4-7-10(2)14-12-9-6-5-8-11(12)13/h4,7,10-12H,3,5-6,8-9H2,1-2H3. The molecule has 0 amide bonds. The van der Waals surface area contributed by atoms with E-state index in [9.17, 15) is 0 Å². The predicted octanol–water partition coefficient (Wildman–Crippen LogP) is 3.91. The molecule has 3 unspecified atom stereocenters. The van der Waals surface area contributed by atoms with Crippen molar-refractivity contribution in [1.29, 1.82) is 0 Å². The summed E-state index contributed by atoms with van der Waals surface area (Å²) in [6, 6.07) is 0. The Kier molecular flexibility index (Phi) is 5.57. The molecule has 2 heteroatoms. The van der Waals surface area contributed by atoms with Gasteiger partial charge in [-0.2, -0.15) is 0 Å². The van der Waals surface area contributed by atoms with E-state index in [0.29, 0.717) is 0 Å². The molecule has 0 radical (unpaired) electrons. The highest BCUT2D eigenvalue weighted by Gasteiger charge is 2.24. The van der Waals surface area contributed by atoms with Crippen molar-refractivity contribution in [1.82, 2.24) is 0 Å². The Labute approximate surface area is 92.5 Å². The van der Waals surface area contributed by atoms with E-state index < -0.39 is 0 Å². The van der Waals surface area contributed by atoms with Crippen molar-refractivity contribution in [3.63, 3.8) is 0 Å². The third kappa shape index (κ3) is 4.02. The molecule has 1 nitrogen and oxygen atoms in total. The van der Waals surface area contributed by atoms with E-state index in [1.807, 2.05) is 0 Å². The molecule has 0 aromatic rings. The van der Waals surface area contributed by atoms with Crippen molar-refractivity contribution >= 4 is 11.6 Å². The van der Waals surface area contributed by atoms with E-state index in [2.05, 4.69) is 26.0 Å². The maximum atomic E-state index is 6.21. The van der Waals surface area contributed by atoms with Gasteiger partial charge in [-0.15, -0.1) is 11.6 Å². The van der Waals surface area contributed by atoms with E-state index in [0.717, 1.165) is 19.3 Å². The molecule has 1 fully saturated rings. The smallest absolute Gasteiger partial charge is 0.0746 e. The summed E-state index contributed by atoms with van der Waals surface area (Å²) in [7, 11) is 0. The quantitative estimate of drug-likeness (QED) is 0.512. The van der Waals surface area contributed by atoms with Crippen LogP contribution in [0.3, 0.4) is 0 Å². The molecule has 1 rings (SSSR count). The molecule has 82 valence electrons. The zero-order chi connectivity index (χ0) is 10.4. The third-order valence-electron chi connectivity index (χ3n) is 2.65. The maximum absolute atomic E-state index is 6.21. The van der Waals surface area contributed by atoms with Crippen LogP contribution >= 0.6 is 11.6 Å². The van der Waals surface area contributed by atoms with Crippen molar-refractivity contribution in [3.05, 3.63) is 12.2 Å². The van der Waals surface area contributed by atoms with Gasteiger partial charge in [0.1, 0.15) is 0 Å². The minimum Gasteiger partial charge on any atom is -0.370 e. The van der Waals surface area contributed by atoms with Crippen LogP contribution < -0.4 is 0 Å². The molecule has 14 heavy (non-hydrogen) atoms. The van der Waals surface area contributed by atoms with E-state index in [1.54, 1.807) is 0 Å². The first-order valence-electron chi connectivity index (χ1n) is 5.70. The molecule has 0 spiro atoms. The normalized spacial score (nSPS) is 30.8. The Morgan fingerprint density at radius 2 is 2.14 bits per heavy atom. The fraction of sp³-hybridized carbons (Fsp3) is 0.833. The van der Waals surface area contributed by atoms with Crippen LogP contribution in [-0.4, -0.2) is 17.6 Å². The lowest BCUT2D eigenvalue weighted by Crippen LogP contribution is -2.30. The Morgan fingerprint density at radius 1 is 1.43 bits per heavy atom. The monoisotopic (exact) mass is 216 g/mol. The minimum absolute atomic E-state index is 0.208. The summed E-state index contributed by atoms with van der Waals surface area (Å²) in [6.07, 6.45) is 10.6. The van der Waals surface area contributed by atoms with Crippen LogP contribution in [0.15, 0.2) is 12.2 Å². The highest BCUT2D eigenvalue weighted by molar-refractivity contribution is 6.21. The topological polar surface area (TPSA) is 9.23 Å². The summed E-state index contributed by atoms with van der Waals surface area (Å²) >= 11 is 6.21. The third-order valence-corrected chi connectivity index (χ3v) is 3.15. The summed E-state index contributed by atoms with van der Waals surface area (Å²) in [4.78, 5) is 0. The largest absolute Gasteiger partial charge is 0.370 e. The molecule has 0 N–H and O–H groups in total. The Morgan fingerprint density at radius 3 is 2.79 bits per heavy atom. The van der Waals surface area contributed by atoms with Crippen LogP contribution in [0.25, 0.3) is 0 Å². The molecule has 1 saturated carbocycles. The second kappa shape index (κ2) is 6.47. The zero-order valence-corrected chi connectivity index (χ0v) is 9.96. The lowest BCUT2D eigenvalue weighted by Gasteiger charge is -2.28. The Balaban J connectivity index is 2.30. The SMILES string of the molecule is CCC=CC(C)OC1CCCCC1Cl. The lowest BCUT2D eigenvalue weighted by molar-refractivity contribution is 0.00398. The first-order chi connectivity index (χ1) is 6.74. The number of rotatable bonds is 4. The minimum atomic E-state index is 0.208. The van der Waals surface area contributed by atoms with Crippen molar-refractivity contribution < 1.29 is 4.74 Å². The number of hydrogen-bond donors (Lipinski definition) is 0. The Bertz CT molecular complexity index is 179. The summed E-state index contributed by atoms with van der Waals surface area (Å²) in [5.74, 6) is 0. The molecule has 0 aliphatic heterocycles. The predicted molar refractivity (Wildman–Crippen MR) is 61.9 cm³/mol. The van der Waals surface area contributed by atoms with E-state index >= 15 is 0 Å². The fourth-order valence-electron chi connectivity index (χ4n) is 1.85. The van der Waals surface area contributed by atoms with Gasteiger partial charge in [0.2, 0.25) is 0 Å². The van der Waals surface area contributed by atoms with Crippen LogP contribution in [0.4, 0.5) is 0 Å². The van der Waals surface area contributed by atoms with Crippen LogP contribution in [0.2, 0.25) is 0 Å². The molecule has 0 aromatic heterocycles. The second-order valence-corrected chi connectivity index (χ2v) is 4.58. The number of alkyl halides is 1. The first-order valence-corrected chi connectivity index (χ1v) is 6.14. The van der Waals surface area contributed by atoms with Gasteiger partial charge >= 0.3 is 0 Å². The molecule has 0 bridgehead atoms. The summed E-state index contributed by atoms with van der Waals surface area (Å²) < 4.78 is 5.89. The number of allylic oxidation sites excluding steroid dienone is 1. The van der Waals surface area contributed by atoms with E-state index in [1.165, 1.54) is 12.8 Å². The summed E-state index contributed by atoms with van der Waals surface area (Å²) in [6.45, 7) is 4.22. The average molecular weight is 217 g/mol. The molecule has 3 atom stereocenters. The number of hydrogen-bond acceptors (Lipinski definition) is 1. The van der Waals surface area contributed by atoms with Crippen LogP contribution in [0.1, 0.15) is 46.0 Å². The number of ether oxygens (including phenoxy) is 1. The van der Waals surface area contributed by atoms with Gasteiger partial charge < -0.3 is 4.74 Å². The van der Waals surface area contributed by atoms with Crippen molar-refractivity contribution in [2.24, 2.45) is 0 Å². The van der Waals surface area contributed by atoms with E-state index in [4.69, 9.17) is 16.3 Å². The molecular weight excluding hydrogens is 196 g/mol. The van der Waals surface area contributed by atoms with Gasteiger partial charge in [0.15, 0.2) is 0 Å². The number of halogens is 1. The molecular formula is C12H21ClO. The van der Waals surface area contributed by atoms with Crippen LogP contribution in [-0.2, 0) is 4.74 Å². The van der Waals surface area contributed by atoms with Gasteiger partial charge in [0.25, 0.3) is 0 Å². The van der Waals surface area contributed by atoms with Gasteiger partial charge in [-0.1, -0.05) is 31.9 Å². The maximum Gasteiger partial charge on any atom is 0.0746 e. The van der Waals surface area contributed by atoms with Crippen molar-refractivity contribution in [2.45, 2.75) is 63.5 Å². The van der Waals surface area contributed by atoms with Gasteiger partial charge in [0, 0.05) is 0 Å². The van der Waals surface area contributed by atoms with Crippen molar-refractivity contribution in [2.75, 3.05) is 0 Å². The fourth-order valence-corrected chi connectivity index (χ4v) is 2.19. The van der Waals surface area contributed by atoms with Gasteiger partial charge in [-0.3, -0.25) is 0 Å². The van der Waals surface area contributed by atoms with Crippen LogP contribution in [0, 0.1) is 0 Å². The van der Waals surface area contributed by atoms with E-state index in [-0.39, 0.29) is 17.6 Å². The molecule has 1 aliphatic carbocycles. The summed E-state index contributed by atoms with van der Waals surface area (Å²) in [5, 5.41) is 0.223. The molecule has 0 heterocycles. The van der Waals surface area contributed by atoms with Crippen molar-refractivity contribution in [3.8, 4) is 0 Å². The molecule has 0 saturated heterocycles. The highest BCUT2D eigenvalue weighted by Crippen LogP contribution is 2.26.